The molecule has 0 radical (unpaired) electrons. The van der Waals surface area contributed by atoms with Crippen molar-refractivity contribution in [2.75, 3.05) is 6.61 Å². The number of halogens is 1. The summed E-state index contributed by atoms with van der Waals surface area (Å²) in [7, 11) is 0. The molecule has 2 aromatic heterocycles. The lowest BCUT2D eigenvalue weighted by atomic mass is 10.2. The van der Waals surface area contributed by atoms with Gasteiger partial charge in [-0.1, -0.05) is 19.0 Å². The third-order valence-corrected chi connectivity index (χ3v) is 3.45. The second-order valence-electron chi connectivity index (χ2n) is 4.68. The van der Waals surface area contributed by atoms with Gasteiger partial charge >= 0.3 is 5.97 Å². The molecule has 0 aliphatic rings. The van der Waals surface area contributed by atoms with Gasteiger partial charge in [-0.25, -0.2) is 9.97 Å². The summed E-state index contributed by atoms with van der Waals surface area (Å²) >= 11 is 5.93. The van der Waals surface area contributed by atoms with Gasteiger partial charge in [0, 0.05) is 16.8 Å². The van der Waals surface area contributed by atoms with E-state index in [-0.39, 0.29) is 19.9 Å². The number of hydrogen-bond donors (Lipinski definition) is 0. The second kappa shape index (κ2) is 7.24. The molecule has 0 spiro atoms. The van der Waals surface area contributed by atoms with Crippen LogP contribution in [0.25, 0.3) is 22.6 Å². The number of carbonyl (C=O) groups excluding carboxylic acids is 1. The highest BCUT2D eigenvalue weighted by Gasteiger charge is 2.16. The third-order valence-electron chi connectivity index (χ3n) is 3.20. The fourth-order valence-corrected chi connectivity index (χ4v) is 2.39. The lowest BCUT2D eigenvalue weighted by Gasteiger charge is -2.08. The van der Waals surface area contributed by atoms with Crippen molar-refractivity contribution in [3.8, 4) is 11.4 Å². The largest absolute Gasteiger partial charge is 0.465 e. The molecule has 0 aliphatic heterocycles. The second-order valence-corrected chi connectivity index (χ2v) is 5.12. The predicted molar refractivity (Wildman–Crippen MR) is 91.3 cm³/mol. The molecule has 3 aromatic rings. The Labute approximate surface area is 139 Å². The molecule has 3 rings (SSSR count). The van der Waals surface area contributed by atoms with Gasteiger partial charge in [0.15, 0.2) is 5.65 Å². The zero-order valence-corrected chi connectivity index (χ0v) is 12.7. The van der Waals surface area contributed by atoms with Crippen molar-refractivity contribution >= 4 is 28.7 Å². The summed E-state index contributed by atoms with van der Waals surface area (Å²) in [6, 6.07) is 11.0. The zero-order chi connectivity index (χ0) is 15.5. The first kappa shape index (κ1) is 17.0. The van der Waals surface area contributed by atoms with Crippen LogP contribution in [0.1, 0.15) is 14.4 Å². The molecule has 1 aromatic carbocycles. The average Bonchev–Trinajstić information content (AvgIpc) is 2.87. The van der Waals surface area contributed by atoms with E-state index in [1.165, 1.54) is 0 Å². The molecule has 0 amide bonds. The lowest BCUT2D eigenvalue weighted by Crippen LogP contribution is -2.14. The van der Waals surface area contributed by atoms with Gasteiger partial charge in [0.1, 0.15) is 17.9 Å². The van der Waals surface area contributed by atoms with Crippen molar-refractivity contribution in [2.24, 2.45) is 0 Å². The number of hydrogen-bond acceptors (Lipinski definition) is 4. The van der Waals surface area contributed by atoms with Gasteiger partial charge in [0.25, 0.3) is 0 Å². The summed E-state index contributed by atoms with van der Waals surface area (Å²) < 4.78 is 6.80. The van der Waals surface area contributed by atoms with Crippen molar-refractivity contribution in [3.63, 3.8) is 0 Å². The minimum atomic E-state index is -0.317. The first-order valence-corrected chi connectivity index (χ1v) is 7.29. The number of benzene rings is 1. The lowest BCUT2D eigenvalue weighted by molar-refractivity contribution is -0.143. The van der Waals surface area contributed by atoms with Crippen LogP contribution < -0.4 is 0 Å². The van der Waals surface area contributed by atoms with Crippen LogP contribution in [0.15, 0.2) is 42.6 Å². The van der Waals surface area contributed by atoms with Crippen LogP contribution in [0.5, 0.6) is 0 Å². The number of ether oxygens (including phenoxy) is 1. The Morgan fingerprint density at radius 3 is 2.70 bits per heavy atom. The van der Waals surface area contributed by atoms with Crippen LogP contribution in [0, 0.1) is 0 Å². The van der Waals surface area contributed by atoms with Crippen molar-refractivity contribution in [1.82, 2.24) is 14.5 Å². The molecule has 0 saturated heterocycles. The molecule has 5 nitrogen and oxygen atoms in total. The maximum Gasteiger partial charge on any atom is 0.326 e. The molecule has 0 aliphatic carbocycles. The Morgan fingerprint density at radius 1 is 1.26 bits per heavy atom. The van der Waals surface area contributed by atoms with Crippen LogP contribution in [0.4, 0.5) is 0 Å². The monoisotopic (exact) mass is 331 g/mol. The number of esters is 1. The summed E-state index contributed by atoms with van der Waals surface area (Å²) in [6.45, 7) is 2.19. The first-order chi connectivity index (χ1) is 10.7. The summed E-state index contributed by atoms with van der Waals surface area (Å²) in [5.41, 5.74) is 2.25. The minimum Gasteiger partial charge on any atom is -0.465 e. The van der Waals surface area contributed by atoms with E-state index in [4.69, 9.17) is 16.3 Å². The molecule has 0 unspecified atom stereocenters. The molecule has 0 bridgehead atoms. The molecule has 0 atom stereocenters. The molecule has 2 heterocycles. The zero-order valence-electron chi connectivity index (χ0n) is 12.0. The Balaban J connectivity index is 0.00000192. The fourth-order valence-electron chi connectivity index (χ4n) is 2.26. The van der Waals surface area contributed by atoms with Crippen molar-refractivity contribution in [2.45, 2.75) is 20.9 Å². The van der Waals surface area contributed by atoms with E-state index in [0.717, 1.165) is 11.1 Å². The van der Waals surface area contributed by atoms with Gasteiger partial charge in [-0.3, -0.25) is 9.36 Å². The quantitative estimate of drug-likeness (QED) is 0.679. The maximum atomic E-state index is 11.9. The number of rotatable bonds is 4. The highest BCUT2D eigenvalue weighted by Crippen LogP contribution is 2.25. The van der Waals surface area contributed by atoms with Crippen molar-refractivity contribution < 1.29 is 9.53 Å². The molecule has 120 valence electrons. The van der Waals surface area contributed by atoms with Crippen molar-refractivity contribution in [1.29, 1.82) is 0 Å². The van der Waals surface area contributed by atoms with Gasteiger partial charge in [0.05, 0.1) is 6.61 Å². The molecule has 23 heavy (non-hydrogen) atoms. The maximum absolute atomic E-state index is 11.9. The molecule has 0 N–H and O–H groups in total. The normalized spacial score (nSPS) is 10.3. The summed E-state index contributed by atoms with van der Waals surface area (Å²) in [4.78, 5) is 20.8. The predicted octanol–water partition coefficient (Wildman–Crippen LogP) is 3.95. The number of nitrogens with zero attached hydrogens (tertiary/aromatic N) is 3. The van der Waals surface area contributed by atoms with Crippen molar-refractivity contribution in [3.05, 3.63) is 47.6 Å². The number of aromatic nitrogens is 3. The number of pyridine rings is 1. The standard InChI is InChI=1S/C16H14ClN3O2.CH4/c1-2-22-14(21)10-20-15(11-5-7-12(17)8-6-11)19-13-4-3-9-18-16(13)20;/h3-9H,2,10H2,1H3;1H4. The molecule has 0 saturated carbocycles. The van der Waals surface area contributed by atoms with Crippen LogP contribution in [-0.4, -0.2) is 27.1 Å². The molecule has 6 heteroatoms. The summed E-state index contributed by atoms with van der Waals surface area (Å²) in [5, 5.41) is 0.648. The van der Waals surface area contributed by atoms with Gasteiger partial charge in [-0.2, -0.15) is 0 Å². The Hall–Kier alpha value is -2.40. The van der Waals surface area contributed by atoms with Crippen LogP contribution >= 0.6 is 11.6 Å². The summed E-state index contributed by atoms with van der Waals surface area (Å²) in [6.07, 6.45) is 1.68. The van der Waals surface area contributed by atoms with E-state index < -0.39 is 0 Å². The van der Waals surface area contributed by atoms with Gasteiger partial charge in [0.2, 0.25) is 0 Å². The SMILES string of the molecule is C.CCOC(=O)Cn1c(-c2ccc(Cl)cc2)nc2cccnc21. The van der Waals surface area contributed by atoms with E-state index >= 15 is 0 Å². The smallest absolute Gasteiger partial charge is 0.326 e. The van der Waals surface area contributed by atoms with Crippen LogP contribution in [0.3, 0.4) is 0 Å². The Bertz CT molecular complexity index is 812. The fraction of sp³-hybridized carbons (Fsp3) is 0.235. The van der Waals surface area contributed by atoms with E-state index in [9.17, 15) is 4.79 Å². The highest BCUT2D eigenvalue weighted by atomic mass is 35.5. The van der Waals surface area contributed by atoms with E-state index in [1.54, 1.807) is 29.8 Å². The van der Waals surface area contributed by atoms with Crippen LogP contribution in [0.2, 0.25) is 5.02 Å². The molecule has 0 fully saturated rings. The average molecular weight is 332 g/mol. The topological polar surface area (TPSA) is 57.0 Å². The van der Waals surface area contributed by atoms with Gasteiger partial charge in [-0.15, -0.1) is 0 Å². The first-order valence-electron chi connectivity index (χ1n) is 6.92. The van der Waals surface area contributed by atoms with Gasteiger partial charge < -0.3 is 4.74 Å². The third kappa shape index (κ3) is 3.51. The van der Waals surface area contributed by atoms with Gasteiger partial charge in [-0.05, 0) is 43.3 Å². The number of carbonyl (C=O) groups is 1. The Morgan fingerprint density at radius 2 is 2.00 bits per heavy atom. The van der Waals surface area contributed by atoms with E-state index in [1.807, 2.05) is 24.3 Å². The summed E-state index contributed by atoms with van der Waals surface area (Å²) in [5.74, 6) is 0.348. The highest BCUT2D eigenvalue weighted by molar-refractivity contribution is 6.30. The van der Waals surface area contributed by atoms with E-state index in [0.29, 0.717) is 23.1 Å². The Kier molecular flexibility index (Phi) is 5.34. The number of imidazole rings is 1. The molecular weight excluding hydrogens is 314 g/mol. The number of fused-ring (bicyclic) bond motifs is 1. The minimum absolute atomic E-state index is 0. The van der Waals surface area contributed by atoms with E-state index in [2.05, 4.69) is 9.97 Å². The van der Waals surface area contributed by atoms with Crippen LogP contribution in [-0.2, 0) is 16.1 Å². The molecular formula is C17H18ClN3O2.